The van der Waals surface area contributed by atoms with Gasteiger partial charge in [-0.3, -0.25) is 4.98 Å². The lowest BCUT2D eigenvalue weighted by Gasteiger charge is -2.29. The summed E-state index contributed by atoms with van der Waals surface area (Å²) in [5, 5.41) is 0. The first-order valence-corrected chi connectivity index (χ1v) is 15.0. The molecule has 0 bridgehead atoms. The highest BCUT2D eigenvalue weighted by Crippen LogP contribution is 2.36. The van der Waals surface area contributed by atoms with Crippen LogP contribution in [0.25, 0.3) is 22.3 Å². The molecule has 0 fully saturated rings. The maximum Gasteiger partial charge on any atom is 0.0887 e. The Morgan fingerprint density at radius 2 is 1.12 bits per heavy atom. The van der Waals surface area contributed by atoms with Gasteiger partial charge in [0.1, 0.15) is 0 Å². The van der Waals surface area contributed by atoms with Crippen LogP contribution in [0.1, 0.15) is 25.7 Å². The minimum absolute atomic E-state index is 1.10. The van der Waals surface area contributed by atoms with Crippen molar-refractivity contribution >= 4 is 22.7 Å². The molecule has 0 N–H and O–H groups in total. The summed E-state index contributed by atoms with van der Waals surface area (Å²) >= 11 is 0. The Morgan fingerprint density at radius 3 is 1.63 bits per heavy atom. The van der Waals surface area contributed by atoms with E-state index < -0.39 is 0 Å². The van der Waals surface area contributed by atoms with Gasteiger partial charge < -0.3 is 9.80 Å². The predicted molar refractivity (Wildman–Crippen MR) is 180 cm³/mol. The molecule has 5 aromatic rings. The zero-order valence-electron chi connectivity index (χ0n) is 24.1. The molecule has 7 rings (SSSR count). The molecule has 0 atom stereocenters. The van der Waals surface area contributed by atoms with Crippen molar-refractivity contribution in [3.05, 3.63) is 169 Å². The van der Waals surface area contributed by atoms with Gasteiger partial charge in [0.05, 0.1) is 5.70 Å². The van der Waals surface area contributed by atoms with Crippen molar-refractivity contribution < 1.29 is 0 Å². The largest absolute Gasteiger partial charge is 0.311 e. The molecule has 208 valence electrons. The molecule has 1 heterocycles. The number of benzene rings is 4. The lowest BCUT2D eigenvalue weighted by Crippen LogP contribution is -2.21. The SMILES string of the molecule is C1=CC=CC=1N(C1=CCCCC1)c1ccc(-c2cncc(-c3ccc(N(c4ccccc4)c4ccccc4)cc3)c2)cc1. The van der Waals surface area contributed by atoms with E-state index in [-0.39, 0.29) is 0 Å². The van der Waals surface area contributed by atoms with Crippen LogP contribution in [-0.2, 0) is 0 Å². The molecule has 2 aliphatic rings. The van der Waals surface area contributed by atoms with Gasteiger partial charge in [0, 0.05) is 52.0 Å². The van der Waals surface area contributed by atoms with E-state index >= 15 is 0 Å². The van der Waals surface area contributed by atoms with Crippen molar-refractivity contribution in [1.82, 2.24) is 4.98 Å². The normalized spacial score (nSPS) is 13.9. The molecule has 0 unspecified atom stereocenters. The van der Waals surface area contributed by atoms with Crippen LogP contribution < -0.4 is 9.80 Å². The highest BCUT2D eigenvalue weighted by Gasteiger charge is 2.18. The average molecular weight is 556 g/mol. The summed E-state index contributed by atoms with van der Waals surface area (Å²) in [6, 6.07) is 40.8. The van der Waals surface area contributed by atoms with Crippen molar-refractivity contribution in [2.75, 3.05) is 9.80 Å². The number of aromatic nitrogens is 1. The first-order chi connectivity index (χ1) is 21.3. The summed E-state index contributed by atoms with van der Waals surface area (Å²) in [6.45, 7) is 0. The van der Waals surface area contributed by atoms with Crippen LogP contribution in [0, 0.1) is 0 Å². The minimum Gasteiger partial charge on any atom is -0.311 e. The van der Waals surface area contributed by atoms with Gasteiger partial charge in [0.15, 0.2) is 0 Å². The molecule has 0 saturated carbocycles. The van der Waals surface area contributed by atoms with Crippen LogP contribution in [0.5, 0.6) is 0 Å². The van der Waals surface area contributed by atoms with E-state index in [0.717, 1.165) is 57.9 Å². The fourth-order valence-electron chi connectivity index (χ4n) is 5.91. The molecule has 0 radical (unpaired) electrons. The lowest BCUT2D eigenvalue weighted by molar-refractivity contribution is 0.687. The fourth-order valence-corrected chi connectivity index (χ4v) is 5.91. The Morgan fingerprint density at radius 1 is 0.558 bits per heavy atom. The van der Waals surface area contributed by atoms with Crippen LogP contribution >= 0.6 is 0 Å². The molecule has 3 heteroatoms. The topological polar surface area (TPSA) is 19.4 Å². The third kappa shape index (κ3) is 5.72. The Hall–Kier alpha value is -5.37. The van der Waals surface area contributed by atoms with Gasteiger partial charge in [-0.25, -0.2) is 0 Å². The Labute approximate surface area is 254 Å². The van der Waals surface area contributed by atoms with Crippen molar-refractivity contribution in [1.29, 1.82) is 0 Å². The second-order valence-corrected chi connectivity index (χ2v) is 10.9. The van der Waals surface area contributed by atoms with Crippen LogP contribution in [-0.4, -0.2) is 4.98 Å². The second-order valence-electron chi connectivity index (χ2n) is 10.9. The first-order valence-electron chi connectivity index (χ1n) is 15.0. The maximum atomic E-state index is 4.63. The number of pyridine rings is 1. The Kier molecular flexibility index (Phi) is 7.55. The van der Waals surface area contributed by atoms with E-state index in [9.17, 15) is 0 Å². The number of hydrogen-bond donors (Lipinski definition) is 0. The van der Waals surface area contributed by atoms with Gasteiger partial charge in [-0.05, 0) is 104 Å². The predicted octanol–water partition coefficient (Wildman–Crippen LogP) is 10.8. The smallest absolute Gasteiger partial charge is 0.0887 e. The molecular formula is C40H33N3. The van der Waals surface area contributed by atoms with Gasteiger partial charge in [0.25, 0.3) is 0 Å². The Balaban J connectivity index is 1.16. The van der Waals surface area contributed by atoms with E-state index in [1.165, 1.54) is 24.2 Å². The highest BCUT2D eigenvalue weighted by atomic mass is 15.2. The summed E-state index contributed by atoms with van der Waals surface area (Å²) in [7, 11) is 0. The summed E-state index contributed by atoms with van der Waals surface area (Å²) < 4.78 is 0. The zero-order valence-corrected chi connectivity index (χ0v) is 24.1. The van der Waals surface area contributed by atoms with E-state index in [0.29, 0.717) is 0 Å². The summed E-state index contributed by atoms with van der Waals surface area (Å²) in [4.78, 5) is 9.26. The fraction of sp³-hybridized carbons (Fsp3) is 0.100. The third-order valence-corrected chi connectivity index (χ3v) is 8.06. The van der Waals surface area contributed by atoms with E-state index in [4.69, 9.17) is 0 Å². The van der Waals surface area contributed by atoms with Crippen molar-refractivity contribution in [2.45, 2.75) is 25.7 Å². The molecule has 2 aliphatic carbocycles. The summed E-state index contributed by atoms with van der Waals surface area (Å²) in [5.41, 5.74) is 14.9. The average Bonchev–Trinajstić information content (AvgIpc) is 3.62. The van der Waals surface area contributed by atoms with Crippen molar-refractivity contribution in [3.8, 4) is 22.3 Å². The number of nitrogens with zero attached hydrogens (tertiary/aromatic N) is 3. The number of para-hydroxylation sites is 2. The van der Waals surface area contributed by atoms with Crippen LogP contribution in [0.3, 0.4) is 0 Å². The maximum absolute atomic E-state index is 4.63. The molecule has 43 heavy (non-hydrogen) atoms. The van der Waals surface area contributed by atoms with Crippen molar-refractivity contribution in [2.24, 2.45) is 0 Å². The van der Waals surface area contributed by atoms with Crippen molar-refractivity contribution in [3.63, 3.8) is 0 Å². The minimum atomic E-state index is 1.10. The number of rotatable bonds is 8. The van der Waals surface area contributed by atoms with Gasteiger partial charge >= 0.3 is 0 Å². The molecule has 0 aliphatic heterocycles. The monoisotopic (exact) mass is 555 g/mol. The summed E-state index contributed by atoms with van der Waals surface area (Å²) in [6.07, 6.45) is 17.2. The number of allylic oxidation sites excluding steroid dienone is 4. The quantitative estimate of drug-likeness (QED) is 0.178. The second kappa shape index (κ2) is 12.2. The Bertz CT molecular complexity index is 1790. The first kappa shape index (κ1) is 26.5. The number of anilines is 4. The standard InChI is InChI=1S/C40H33N3/c1-4-12-35(13-5-1)42(36-14-6-2-7-15-36)39-24-20-31(21-25-39)33-28-34(30-41-29-33)32-22-26-40(27-23-32)43(38-18-10-11-19-38)37-16-8-3-9-17-37/h1-2,4-7,10-16,18,20-30H,3,8-9,17H2. The summed E-state index contributed by atoms with van der Waals surface area (Å²) in [5.74, 6) is 0. The molecule has 4 aromatic carbocycles. The van der Waals surface area contributed by atoms with Crippen LogP contribution in [0.2, 0.25) is 0 Å². The molecule has 1 aromatic heterocycles. The molecule has 0 saturated heterocycles. The zero-order chi connectivity index (χ0) is 28.8. The third-order valence-electron chi connectivity index (χ3n) is 8.06. The van der Waals surface area contributed by atoms with Crippen LogP contribution in [0.4, 0.5) is 22.7 Å². The molecular weight excluding hydrogens is 522 g/mol. The van der Waals surface area contributed by atoms with Gasteiger partial charge in [0.2, 0.25) is 0 Å². The van der Waals surface area contributed by atoms with E-state index in [2.05, 4.69) is 154 Å². The van der Waals surface area contributed by atoms with Gasteiger partial charge in [-0.1, -0.05) is 78.5 Å². The highest BCUT2D eigenvalue weighted by molar-refractivity contribution is 5.79. The molecule has 3 nitrogen and oxygen atoms in total. The van der Waals surface area contributed by atoms with E-state index in [1.807, 2.05) is 18.5 Å². The number of hydrogen-bond acceptors (Lipinski definition) is 3. The molecule has 0 amide bonds. The lowest BCUT2D eigenvalue weighted by atomic mass is 10.00. The molecule has 0 spiro atoms. The van der Waals surface area contributed by atoms with Gasteiger partial charge in [-0.15, -0.1) is 0 Å². The van der Waals surface area contributed by atoms with Crippen LogP contribution in [0.15, 0.2) is 169 Å². The van der Waals surface area contributed by atoms with Gasteiger partial charge in [-0.2, -0.15) is 0 Å². The van der Waals surface area contributed by atoms with E-state index in [1.54, 1.807) is 0 Å².